The number of ether oxygens (including phenoxy) is 2. The first kappa shape index (κ1) is 22.4. The summed E-state index contributed by atoms with van der Waals surface area (Å²) in [6, 6.07) is 20.9. The molecule has 2 aromatic carbocycles. The molecule has 8 nitrogen and oxygen atoms in total. The van der Waals surface area contributed by atoms with Gasteiger partial charge in [0.25, 0.3) is 5.91 Å². The van der Waals surface area contributed by atoms with Crippen molar-refractivity contribution in [3.8, 4) is 5.75 Å². The minimum atomic E-state index is -0.955. The van der Waals surface area contributed by atoms with Gasteiger partial charge in [-0.15, -0.1) is 0 Å². The maximum Gasteiger partial charge on any atom is 0.262 e. The first-order valence-electron chi connectivity index (χ1n) is 10.6. The third kappa shape index (κ3) is 5.94. The van der Waals surface area contributed by atoms with E-state index in [4.69, 9.17) is 9.47 Å². The molecular weight excluding hydrogens is 422 g/mol. The number of hydrogen-bond donors (Lipinski definition) is 2. The molecule has 0 spiro atoms. The number of carbonyl (C=O) groups excluding carboxylic acids is 2. The van der Waals surface area contributed by atoms with Crippen LogP contribution in [0.3, 0.4) is 0 Å². The molecule has 33 heavy (non-hydrogen) atoms. The van der Waals surface area contributed by atoms with E-state index in [-0.39, 0.29) is 31.6 Å². The normalized spacial score (nSPS) is 16.8. The smallest absolute Gasteiger partial charge is 0.262 e. The standard InChI is InChI=1S/C25H25N3O5/c29-23(16-33-21-7-2-1-3-8-21)27-19-11-9-18(10-12-19)25(31)22-15-32-17-24(30)28(22)14-20-6-4-5-13-26-20/h1-13,22,25,31H,14-17H2,(H,27,29)/t22-,25-/m1/s1. The average molecular weight is 447 g/mol. The predicted molar refractivity (Wildman–Crippen MR) is 121 cm³/mol. The Bertz CT molecular complexity index is 1060. The summed E-state index contributed by atoms with van der Waals surface area (Å²) in [5.74, 6) is 0.129. The van der Waals surface area contributed by atoms with Crippen molar-refractivity contribution in [3.05, 3.63) is 90.3 Å². The summed E-state index contributed by atoms with van der Waals surface area (Å²) in [6.07, 6.45) is 0.716. The highest BCUT2D eigenvalue weighted by atomic mass is 16.5. The molecule has 1 saturated heterocycles. The number of nitrogens with one attached hydrogen (secondary N) is 1. The zero-order valence-electron chi connectivity index (χ0n) is 18.0. The number of rotatable bonds is 8. The number of aliphatic hydroxyl groups excluding tert-OH is 1. The molecule has 1 fully saturated rings. The molecule has 2 heterocycles. The van der Waals surface area contributed by atoms with Crippen LogP contribution in [0.25, 0.3) is 0 Å². The van der Waals surface area contributed by atoms with E-state index >= 15 is 0 Å². The summed E-state index contributed by atoms with van der Waals surface area (Å²) in [5.41, 5.74) is 1.93. The third-order valence-electron chi connectivity index (χ3n) is 5.31. The highest BCUT2D eigenvalue weighted by molar-refractivity contribution is 5.91. The maximum absolute atomic E-state index is 12.5. The first-order valence-corrected chi connectivity index (χ1v) is 10.6. The molecule has 3 aromatic rings. The van der Waals surface area contributed by atoms with Crippen LogP contribution in [-0.4, -0.2) is 52.7 Å². The number of nitrogens with zero attached hydrogens (tertiary/aromatic N) is 2. The molecule has 0 bridgehead atoms. The van der Waals surface area contributed by atoms with E-state index in [1.54, 1.807) is 47.5 Å². The van der Waals surface area contributed by atoms with Gasteiger partial charge in [-0.25, -0.2) is 0 Å². The van der Waals surface area contributed by atoms with E-state index in [0.717, 1.165) is 5.69 Å². The average Bonchev–Trinajstić information content (AvgIpc) is 2.85. The second-order valence-corrected chi connectivity index (χ2v) is 7.64. The van der Waals surface area contributed by atoms with Crippen LogP contribution in [0.5, 0.6) is 5.75 Å². The van der Waals surface area contributed by atoms with Gasteiger partial charge >= 0.3 is 0 Å². The Kier molecular flexibility index (Phi) is 7.29. The topological polar surface area (TPSA) is 101 Å². The Balaban J connectivity index is 1.37. The summed E-state index contributed by atoms with van der Waals surface area (Å²) in [5, 5.41) is 13.8. The Morgan fingerprint density at radius 1 is 1.12 bits per heavy atom. The number of morpholine rings is 1. The van der Waals surface area contributed by atoms with Crippen LogP contribution in [0.1, 0.15) is 17.4 Å². The molecule has 0 aliphatic carbocycles. The van der Waals surface area contributed by atoms with Gasteiger partial charge in [-0.1, -0.05) is 36.4 Å². The lowest BCUT2D eigenvalue weighted by atomic mass is 9.99. The lowest BCUT2D eigenvalue weighted by Gasteiger charge is -2.38. The first-order chi connectivity index (χ1) is 16.1. The van der Waals surface area contributed by atoms with Crippen LogP contribution in [0, 0.1) is 0 Å². The Hall–Kier alpha value is -3.75. The minimum absolute atomic E-state index is 0.0218. The Labute approximate surface area is 191 Å². The largest absolute Gasteiger partial charge is 0.484 e. The lowest BCUT2D eigenvalue weighted by molar-refractivity contribution is -0.155. The Morgan fingerprint density at radius 2 is 1.88 bits per heavy atom. The molecule has 2 amide bonds. The van der Waals surface area contributed by atoms with E-state index in [1.165, 1.54) is 0 Å². The maximum atomic E-state index is 12.5. The van der Waals surface area contributed by atoms with Crippen LogP contribution in [-0.2, 0) is 20.9 Å². The molecule has 4 rings (SSSR count). The van der Waals surface area contributed by atoms with Gasteiger partial charge in [0.15, 0.2) is 6.61 Å². The molecular formula is C25H25N3O5. The zero-order valence-corrected chi connectivity index (χ0v) is 18.0. The summed E-state index contributed by atoms with van der Waals surface area (Å²) in [6.45, 7) is 0.375. The van der Waals surface area contributed by atoms with Crippen molar-refractivity contribution < 1.29 is 24.2 Å². The van der Waals surface area contributed by atoms with Crippen molar-refractivity contribution in [1.29, 1.82) is 0 Å². The van der Waals surface area contributed by atoms with Crippen molar-refractivity contribution in [2.75, 3.05) is 25.1 Å². The van der Waals surface area contributed by atoms with E-state index in [2.05, 4.69) is 10.3 Å². The van der Waals surface area contributed by atoms with Crippen LogP contribution < -0.4 is 10.1 Å². The Morgan fingerprint density at radius 3 is 2.61 bits per heavy atom. The van der Waals surface area contributed by atoms with E-state index in [0.29, 0.717) is 23.5 Å². The SMILES string of the molecule is O=C(COc1ccccc1)Nc1ccc([C@@H](O)[C@H]2COCC(=O)N2Cc2ccccn2)cc1. The van der Waals surface area contributed by atoms with Gasteiger partial charge in [0.1, 0.15) is 18.5 Å². The second-order valence-electron chi connectivity index (χ2n) is 7.64. The van der Waals surface area contributed by atoms with Crippen molar-refractivity contribution in [3.63, 3.8) is 0 Å². The summed E-state index contributed by atoms with van der Waals surface area (Å²) in [4.78, 5) is 30.5. The van der Waals surface area contributed by atoms with Crippen molar-refractivity contribution >= 4 is 17.5 Å². The van der Waals surface area contributed by atoms with Gasteiger partial charge in [0.2, 0.25) is 5.91 Å². The third-order valence-corrected chi connectivity index (χ3v) is 5.31. The highest BCUT2D eigenvalue weighted by Gasteiger charge is 2.34. The molecule has 1 aromatic heterocycles. The number of carbonyl (C=O) groups is 2. The molecule has 170 valence electrons. The molecule has 2 N–H and O–H groups in total. The quantitative estimate of drug-likeness (QED) is 0.551. The van der Waals surface area contributed by atoms with Gasteiger partial charge in [-0.2, -0.15) is 0 Å². The number of anilines is 1. The van der Waals surface area contributed by atoms with Gasteiger partial charge in [-0.05, 0) is 42.0 Å². The highest BCUT2D eigenvalue weighted by Crippen LogP contribution is 2.26. The second kappa shape index (κ2) is 10.7. The molecule has 1 aliphatic rings. The summed E-state index contributed by atoms with van der Waals surface area (Å²) >= 11 is 0. The summed E-state index contributed by atoms with van der Waals surface area (Å²) in [7, 11) is 0. The number of aromatic nitrogens is 1. The monoisotopic (exact) mass is 447 g/mol. The number of hydrogen-bond acceptors (Lipinski definition) is 6. The van der Waals surface area contributed by atoms with Gasteiger partial charge < -0.3 is 24.8 Å². The van der Waals surface area contributed by atoms with Crippen LogP contribution in [0.4, 0.5) is 5.69 Å². The fourth-order valence-corrected chi connectivity index (χ4v) is 3.61. The molecule has 8 heteroatoms. The van der Waals surface area contributed by atoms with Gasteiger partial charge in [0.05, 0.1) is 24.9 Å². The number of amides is 2. The molecule has 0 unspecified atom stereocenters. The van der Waals surface area contributed by atoms with E-state index < -0.39 is 12.1 Å². The molecule has 2 atom stereocenters. The number of benzene rings is 2. The fraction of sp³-hybridized carbons (Fsp3) is 0.240. The van der Waals surface area contributed by atoms with E-state index in [1.807, 2.05) is 36.4 Å². The van der Waals surface area contributed by atoms with Gasteiger partial charge in [-0.3, -0.25) is 14.6 Å². The number of pyridine rings is 1. The van der Waals surface area contributed by atoms with Crippen molar-refractivity contribution in [1.82, 2.24) is 9.88 Å². The minimum Gasteiger partial charge on any atom is -0.484 e. The van der Waals surface area contributed by atoms with Crippen molar-refractivity contribution in [2.45, 2.75) is 18.7 Å². The van der Waals surface area contributed by atoms with E-state index in [9.17, 15) is 14.7 Å². The van der Waals surface area contributed by atoms with Gasteiger partial charge in [0, 0.05) is 11.9 Å². The zero-order chi connectivity index (χ0) is 23.0. The van der Waals surface area contributed by atoms with Crippen LogP contribution in [0.15, 0.2) is 79.0 Å². The van der Waals surface area contributed by atoms with Crippen LogP contribution >= 0.6 is 0 Å². The predicted octanol–water partition coefficient (Wildman–Crippen LogP) is 2.56. The molecule has 0 radical (unpaired) electrons. The van der Waals surface area contributed by atoms with Crippen LogP contribution in [0.2, 0.25) is 0 Å². The fourth-order valence-electron chi connectivity index (χ4n) is 3.61. The number of aliphatic hydroxyl groups is 1. The molecule has 1 aliphatic heterocycles. The molecule has 0 saturated carbocycles. The summed E-state index contributed by atoms with van der Waals surface area (Å²) < 4.78 is 10.8. The van der Waals surface area contributed by atoms with Crippen molar-refractivity contribution in [2.24, 2.45) is 0 Å². The number of para-hydroxylation sites is 1. The lowest BCUT2D eigenvalue weighted by Crippen LogP contribution is -2.51.